The Balaban J connectivity index is 1.78. The first-order valence-corrected chi connectivity index (χ1v) is 7.91. The summed E-state index contributed by atoms with van der Waals surface area (Å²) in [5.41, 5.74) is 3.22. The predicted molar refractivity (Wildman–Crippen MR) is 86.5 cm³/mol. The zero-order valence-corrected chi connectivity index (χ0v) is 13.8. The largest absolute Gasteiger partial charge is 0.347 e. The van der Waals surface area contributed by atoms with Gasteiger partial charge in [0, 0.05) is 30.0 Å². The predicted octanol–water partition coefficient (Wildman–Crippen LogP) is 1.90. The standard InChI is InChI=1S/C16H16BrN3O2/c1-11-7-12-9-19(6-3-13(12)14(17)8-11)15(21)10-20-5-2-4-18-16(20)22/h2,4-5,7-8H,3,6,9-10H2,1H3. The number of carbonyl (C=O) groups is 1. The van der Waals surface area contributed by atoms with E-state index in [0.29, 0.717) is 13.1 Å². The molecule has 0 N–H and O–H groups in total. The zero-order valence-electron chi connectivity index (χ0n) is 12.3. The lowest BCUT2D eigenvalue weighted by Crippen LogP contribution is -2.40. The Bertz CT molecular complexity index is 785. The van der Waals surface area contributed by atoms with E-state index in [1.807, 2.05) is 6.92 Å². The maximum atomic E-state index is 12.4. The normalized spacial score (nSPS) is 13.8. The van der Waals surface area contributed by atoms with Gasteiger partial charge in [0.1, 0.15) is 6.54 Å². The number of hydrogen-bond donors (Lipinski definition) is 0. The Labute approximate surface area is 136 Å². The highest BCUT2D eigenvalue weighted by Crippen LogP contribution is 2.28. The molecule has 2 aromatic rings. The highest BCUT2D eigenvalue weighted by Gasteiger charge is 2.22. The van der Waals surface area contributed by atoms with Crippen molar-refractivity contribution in [3.8, 4) is 0 Å². The van der Waals surface area contributed by atoms with Crippen LogP contribution >= 0.6 is 15.9 Å². The Morgan fingerprint density at radius 3 is 3.00 bits per heavy atom. The molecule has 5 nitrogen and oxygen atoms in total. The topological polar surface area (TPSA) is 55.2 Å². The highest BCUT2D eigenvalue weighted by atomic mass is 79.9. The average molecular weight is 362 g/mol. The third-order valence-corrected chi connectivity index (χ3v) is 4.57. The second-order valence-corrected chi connectivity index (χ2v) is 6.33. The van der Waals surface area contributed by atoms with Gasteiger partial charge in [-0.3, -0.25) is 9.36 Å². The number of halogens is 1. The molecule has 0 aliphatic carbocycles. The average Bonchev–Trinajstić information content (AvgIpc) is 2.48. The van der Waals surface area contributed by atoms with Crippen LogP contribution in [0.2, 0.25) is 0 Å². The van der Waals surface area contributed by atoms with Gasteiger partial charge < -0.3 is 4.90 Å². The van der Waals surface area contributed by atoms with E-state index in [1.165, 1.54) is 27.5 Å². The van der Waals surface area contributed by atoms with Gasteiger partial charge in [0.05, 0.1) is 0 Å². The van der Waals surface area contributed by atoms with Crippen molar-refractivity contribution in [3.05, 3.63) is 62.2 Å². The number of fused-ring (bicyclic) bond motifs is 1. The Hall–Kier alpha value is -1.95. The van der Waals surface area contributed by atoms with Gasteiger partial charge in [-0.05, 0) is 42.2 Å². The molecule has 0 radical (unpaired) electrons. The van der Waals surface area contributed by atoms with Crippen LogP contribution in [0.1, 0.15) is 16.7 Å². The van der Waals surface area contributed by atoms with Gasteiger partial charge in [0.15, 0.2) is 0 Å². The summed E-state index contributed by atoms with van der Waals surface area (Å²) in [5, 5.41) is 0. The van der Waals surface area contributed by atoms with Crippen LogP contribution in [0.15, 0.2) is 39.9 Å². The fourth-order valence-electron chi connectivity index (χ4n) is 2.76. The molecule has 1 aliphatic heterocycles. The third-order valence-electron chi connectivity index (χ3n) is 3.87. The minimum atomic E-state index is -0.396. The molecule has 6 heteroatoms. The molecular formula is C16H16BrN3O2. The summed E-state index contributed by atoms with van der Waals surface area (Å²) >= 11 is 3.60. The van der Waals surface area contributed by atoms with Crippen molar-refractivity contribution in [2.75, 3.05) is 6.54 Å². The molecule has 0 bridgehead atoms. The summed E-state index contributed by atoms with van der Waals surface area (Å²) in [7, 11) is 0. The number of aryl methyl sites for hydroxylation is 1. The number of carbonyl (C=O) groups excluding carboxylic acids is 1. The van der Waals surface area contributed by atoms with E-state index >= 15 is 0 Å². The fourth-order valence-corrected chi connectivity index (χ4v) is 3.58. The van der Waals surface area contributed by atoms with Crippen molar-refractivity contribution in [3.63, 3.8) is 0 Å². The van der Waals surface area contributed by atoms with Gasteiger partial charge in [0.25, 0.3) is 0 Å². The summed E-state index contributed by atoms with van der Waals surface area (Å²) in [4.78, 5) is 29.5. The number of rotatable bonds is 2. The highest BCUT2D eigenvalue weighted by molar-refractivity contribution is 9.10. The van der Waals surface area contributed by atoms with Crippen molar-refractivity contribution in [2.24, 2.45) is 0 Å². The Kier molecular flexibility index (Phi) is 4.11. The van der Waals surface area contributed by atoms with Gasteiger partial charge in [-0.1, -0.05) is 22.0 Å². The van der Waals surface area contributed by atoms with Crippen molar-refractivity contribution in [1.29, 1.82) is 0 Å². The lowest BCUT2D eigenvalue weighted by Gasteiger charge is -2.30. The van der Waals surface area contributed by atoms with Gasteiger partial charge in [-0.25, -0.2) is 9.78 Å². The minimum absolute atomic E-state index is 0.0367. The SMILES string of the molecule is Cc1cc(Br)c2c(c1)CN(C(=O)Cn1cccnc1=O)CC2. The number of benzene rings is 1. The number of aromatic nitrogens is 2. The molecule has 1 aromatic heterocycles. The van der Waals surface area contributed by atoms with E-state index in [2.05, 4.69) is 33.0 Å². The van der Waals surface area contributed by atoms with Crippen LogP contribution in [0.3, 0.4) is 0 Å². The van der Waals surface area contributed by atoms with Crippen LogP contribution in [0, 0.1) is 6.92 Å². The minimum Gasteiger partial charge on any atom is -0.336 e. The van der Waals surface area contributed by atoms with Crippen LogP contribution < -0.4 is 5.69 Å². The van der Waals surface area contributed by atoms with Gasteiger partial charge in [-0.15, -0.1) is 0 Å². The number of hydrogen-bond acceptors (Lipinski definition) is 3. The maximum Gasteiger partial charge on any atom is 0.347 e. The number of amides is 1. The summed E-state index contributed by atoms with van der Waals surface area (Å²) in [6.07, 6.45) is 3.84. The summed E-state index contributed by atoms with van der Waals surface area (Å²) in [6.45, 7) is 3.34. The monoisotopic (exact) mass is 361 g/mol. The maximum absolute atomic E-state index is 12.4. The van der Waals surface area contributed by atoms with E-state index in [-0.39, 0.29) is 12.5 Å². The molecule has 0 fully saturated rings. The molecule has 1 aliphatic rings. The molecule has 0 spiro atoms. The molecule has 1 amide bonds. The van der Waals surface area contributed by atoms with Gasteiger partial charge >= 0.3 is 5.69 Å². The first-order chi connectivity index (χ1) is 10.5. The summed E-state index contributed by atoms with van der Waals surface area (Å²) < 4.78 is 2.45. The van der Waals surface area contributed by atoms with E-state index in [9.17, 15) is 9.59 Å². The molecule has 0 saturated carbocycles. The number of nitrogens with zero attached hydrogens (tertiary/aromatic N) is 3. The lowest BCUT2D eigenvalue weighted by atomic mass is 9.97. The van der Waals surface area contributed by atoms with Crippen LogP contribution in [0.5, 0.6) is 0 Å². The van der Waals surface area contributed by atoms with Crippen molar-refractivity contribution in [1.82, 2.24) is 14.5 Å². The zero-order chi connectivity index (χ0) is 15.7. The van der Waals surface area contributed by atoms with Crippen LogP contribution in [-0.2, 0) is 24.3 Å². The van der Waals surface area contributed by atoms with E-state index in [4.69, 9.17) is 0 Å². The van der Waals surface area contributed by atoms with Gasteiger partial charge in [-0.2, -0.15) is 0 Å². The third kappa shape index (κ3) is 2.97. The second kappa shape index (κ2) is 6.04. The summed E-state index contributed by atoms with van der Waals surface area (Å²) in [6, 6.07) is 5.88. The van der Waals surface area contributed by atoms with E-state index < -0.39 is 5.69 Å². The molecule has 1 aromatic carbocycles. The Morgan fingerprint density at radius 2 is 2.23 bits per heavy atom. The van der Waals surface area contributed by atoms with Crippen molar-refractivity contribution >= 4 is 21.8 Å². The second-order valence-electron chi connectivity index (χ2n) is 5.48. The molecule has 0 unspecified atom stereocenters. The van der Waals surface area contributed by atoms with Crippen LogP contribution in [-0.4, -0.2) is 26.9 Å². The first kappa shape index (κ1) is 15.0. The van der Waals surface area contributed by atoms with E-state index in [0.717, 1.165) is 10.9 Å². The first-order valence-electron chi connectivity index (χ1n) is 7.12. The molecule has 114 valence electrons. The quantitative estimate of drug-likeness (QED) is 0.820. The van der Waals surface area contributed by atoms with Gasteiger partial charge in [0.2, 0.25) is 5.91 Å². The lowest BCUT2D eigenvalue weighted by molar-refractivity contribution is -0.132. The molecule has 2 heterocycles. The molecule has 0 atom stereocenters. The van der Waals surface area contributed by atoms with Crippen molar-refractivity contribution < 1.29 is 4.79 Å². The molecule has 0 saturated heterocycles. The smallest absolute Gasteiger partial charge is 0.336 e. The van der Waals surface area contributed by atoms with Crippen LogP contribution in [0.25, 0.3) is 0 Å². The van der Waals surface area contributed by atoms with Crippen molar-refractivity contribution in [2.45, 2.75) is 26.4 Å². The Morgan fingerprint density at radius 1 is 1.41 bits per heavy atom. The van der Waals surface area contributed by atoms with Crippen LogP contribution in [0.4, 0.5) is 0 Å². The summed E-state index contributed by atoms with van der Waals surface area (Å²) in [5.74, 6) is -0.0571. The molecular weight excluding hydrogens is 346 g/mol. The molecule has 22 heavy (non-hydrogen) atoms. The fraction of sp³-hybridized carbons (Fsp3) is 0.312. The van der Waals surface area contributed by atoms with E-state index in [1.54, 1.807) is 17.2 Å². The molecule has 3 rings (SSSR count).